The van der Waals surface area contributed by atoms with Crippen LogP contribution in [0.4, 0.5) is 4.39 Å². The maximum atomic E-state index is 13.6. The van der Waals surface area contributed by atoms with Gasteiger partial charge in [-0.15, -0.1) is 0 Å². The van der Waals surface area contributed by atoms with Gasteiger partial charge in [0.1, 0.15) is 17.2 Å². The van der Waals surface area contributed by atoms with Crippen molar-refractivity contribution in [3.05, 3.63) is 52.9 Å². The van der Waals surface area contributed by atoms with Crippen molar-refractivity contribution in [3.8, 4) is 5.75 Å². The van der Waals surface area contributed by atoms with Gasteiger partial charge in [-0.25, -0.2) is 14.4 Å². The van der Waals surface area contributed by atoms with Crippen LogP contribution in [0, 0.1) is 18.7 Å². The lowest BCUT2D eigenvalue weighted by atomic mass is 10.1. The van der Waals surface area contributed by atoms with Gasteiger partial charge in [0.05, 0.1) is 32.6 Å². The molecule has 2 aliphatic rings. The van der Waals surface area contributed by atoms with Gasteiger partial charge in [-0.2, -0.15) is 0 Å². The van der Waals surface area contributed by atoms with E-state index in [0.717, 1.165) is 0 Å². The van der Waals surface area contributed by atoms with E-state index in [0.29, 0.717) is 42.4 Å². The molecular formula is C22H25FN4O6. The quantitative estimate of drug-likeness (QED) is 0.634. The second-order valence-electron chi connectivity index (χ2n) is 7.81. The smallest absolute Gasteiger partial charge is 0.270 e. The van der Waals surface area contributed by atoms with Crippen LogP contribution in [0.3, 0.4) is 0 Å². The molecule has 176 valence electrons. The summed E-state index contributed by atoms with van der Waals surface area (Å²) in [6.45, 7) is 2.62. The van der Waals surface area contributed by atoms with Gasteiger partial charge < -0.3 is 29.5 Å². The van der Waals surface area contributed by atoms with Crippen molar-refractivity contribution >= 4 is 11.6 Å². The number of rotatable bonds is 7. The van der Waals surface area contributed by atoms with Crippen LogP contribution in [0.15, 0.2) is 29.4 Å². The number of carbonyl (C=O) groups is 1. The SMILES string of the molecule is COc1cc(CNC(=O)c2cc(C3=NO[C@H](C4OCC(CO)CO4)C3)nc(C)n2)ccc1F. The second kappa shape index (κ2) is 10.2. The highest BCUT2D eigenvalue weighted by molar-refractivity contribution is 6.01. The van der Waals surface area contributed by atoms with E-state index in [2.05, 4.69) is 20.4 Å². The summed E-state index contributed by atoms with van der Waals surface area (Å²) in [5, 5.41) is 16.0. The van der Waals surface area contributed by atoms with Crippen LogP contribution in [-0.2, 0) is 20.9 Å². The zero-order valence-corrected chi connectivity index (χ0v) is 18.3. The van der Waals surface area contributed by atoms with E-state index in [4.69, 9.17) is 19.0 Å². The second-order valence-corrected chi connectivity index (χ2v) is 7.81. The number of ether oxygens (including phenoxy) is 3. The number of oxime groups is 1. The number of benzene rings is 1. The van der Waals surface area contributed by atoms with E-state index >= 15 is 0 Å². The summed E-state index contributed by atoms with van der Waals surface area (Å²) in [5.41, 5.74) is 1.88. The molecule has 1 atom stereocenters. The number of aliphatic hydroxyl groups is 1. The van der Waals surface area contributed by atoms with Gasteiger partial charge in [0.25, 0.3) is 5.91 Å². The number of methoxy groups -OCH3 is 1. The molecule has 11 heteroatoms. The van der Waals surface area contributed by atoms with Gasteiger partial charge in [-0.3, -0.25) is 4.79 Å². The van der Waals surface area contributed by atoms with Crippen molar-refractivity contribution < 1.29 is 33.3 Å². The maximum absolute atomic E-state index is 13.6. The van der Waals surface area contributed by atoms with Crippen molar-refractivity contribution in [1.29, 1.82) is 0 Å². The van der Waals surface area contributed by atoms with Crippen molar-refractivity contribution in [3.63, 3.8) is 0 Å². The predicted octanol–water partition coefficient (Wildman–Crippen LogP) is 1.34. The fraction of sp³-hybridized carbons (Fsp3) is 0.455. The average molecular weight is 460 g/mol. The number of hydrogen-bond donors (Lipinski definition) is 2. The number of aliphatic hydroxyl groups excluding tert-OH is 1. The molecule has 2 N–H and O–H groups in total. The number of hydrogen-bond acceptors (Lipinski definition) is 9. The normalized spacial score (nSPS) is 22.4. The topological polar surface area (TPSA) is 124 Å². The minimum Gasteiger partial charge on any atom is -0.494 e. The molecule has 1 aromatic heterocycles. The molecule has 2 aromatic rings. The maximum Gasteiger partial charge on any atom is 0.270 e. The minimum atomic E-state index is -0.590. The van der Waals surface area contributed by atoms with Crippen molar-refractivity contribution in [2.24, 2.45) is 11.1 Å². The lowest BCUT2D eigenvalue weighted by molar-refractivity contribution is -0.246. The first kappa shape index (κ1) is 23.0. The van der Waals surface area contributed by atoms with Gasteiger partial charge in [0, 0.05) is 18.9 Å². The van der Waals surface area contributed by atoms with Crippen LogP contribution in [0.1, 0.15) is 34.0 Å². The Kier molecular flexibility index (Phi) is 7.11. The first-order valence-electron chi connectivity index (χ1n) is 10.5. The van der Waals surface area contributed by atoms with E-state index in [9.17, 15) is 14.3 Å². The largest absolute Gasteiger partial charge is 0.494 e. The molecule has 0 aliphatic carbocycles. The van der Waals surface area contributed by atoms with Gasteiger partial charge in [-0.05, 0) is 30.7 Å². The van der Waals surface area contributed by atoms with Crippen LogP contribution in [0.5, 0.6) is 5.75 Å². The highest BCUT2D eigenvalue weighted by Gasteiger charge is 2.35. The molecule has 0 unspecified atom stereocenters. The molecule has 10 nitrogen and oxygen atoms in total. The Morgan fingerprint density at radius 1 is 1.27 bits per heavy atom. The minimum absolute atomic E-state index is 0.000247. The lowest BCUT2D eigenvalue weighted by Crippen LogP contribution is -2.41. The summed E-state index contributed by atoms with van der Waals surface area (Å²) in [6.07, 6.45) is -0.644. The van der Waals surface area contributed by atoms with E-state index in [-0.39, 0.29) is 30.5 Å². The Labute approximate surface area is 189 Å². The number of nitrogens with zero attached hydrogens (tertiary/aromatic N) is 3. The third-order valence-electron chi connectivity index (χ3n) is 5.28. The summed E-state index contributed by atoms with van der Waals surface area (Å²) in [6, 6.07) is 5.92. The number of amides is 1. The highest BCUT2D eigenvalue weighted by atomic mass is 19.1. The Balaban J connectivity index is 1.39. The summed E-state index contributed by atoms with van der Waals surface area (Å²) in [7, 11) is 1.38. The number of aryl methyl sites for hydroxylation is 1. The third-order valence-corrected chi connectivity index (χ3v) is 5.28. The fourth-order valence-electron chi connectivity index (χ4n) is 3.49. The zero-order valence-electron chi connectivity index (χ0n) is 18.3. The van der Waals surface area contributed by atoms with Gasteiger partial charge in [-0.1, -0.05) is 11.2 Å². The Morgan fingerprint density at radius 3 is 2.79 bits per heavy atom. The number of carbonyl (C=O) groups excluding carboxylic acids is 1. The van der Waals surface area contributed by atoms with E-state index in [1.54, 1.807) is 19.1 Å². The first-order valence-corrected chi connectivity index (χ1v) is 10.5. The van der Waals surface area contributed by atoms with Crippen LogP contribution < -0.4 is 10.1 Å². The summed E-state index contributed by atoms with van der Waals surface area (Å²) in [4.78, 5) is 26.8. The molecule has 0 radical (unpaired) electrons. The van der Waals surface area contributed by atoms with E-state index in [1.807, 2.05) is 0 Å². The molecule has 33 heavy (non-hydrogen) atoms. The molecule has 3 heterocycles. The summed E-state index contributed by atoms with van der Waals surface area (Å²) < 4.78 is 29.8. The van der Waals surface area contributed by atoms with E-state index < -0.39 is 24.1 Å². The fourth-order valence-corrected chi connectivity index (χ4v) is 3.49. The molecule has 0 bridgehead atoms. The van der Waals surface area contributed by atoms with Gasteiger partial charge in [0.2, 0.25) is 0 Å². The summed E-state index contributed by atoms with van der Waals surface area (Å²) >= 11 is 0. The number of nitrogens with one attached hydrogen (secondary N) is 1. The lowest BCUT2D eigenvalue weighted by Gasteiger charge is -2.30. The molecule has 4 rings (SSSR count). The van der Waals surface area contributed by atoms with Crippen LogP contribution >= 0.6 is 0 Å². The molecule has 1 amide bonds. The van der Waals surface area contributed by atoms with E-state index in [1.165, 1.54) is 19.2 Å². The highest BCUT2D eigenvalue weighted by Crippen LogP contribution is 2.24. The number of aromatic nitrogens is 2. The Hall–Kier alpha value is -3.15. The van der Waals surface area contributed by atoms with Gasteiger partial charge >= 0.3 is 0 Å². The average Bonchev–Trinajstić information content (AvgIpc) is 3.33. The van der Waals surface area contributed by atoms with Crippen molar-refractivity contribution in [2.75, 3.05) is 26.9 Å². The molecule has 0 spiro atoms. The Morgan fingerprint density at radius 2 is 2.06 bits per heavy atom. The predicted molar refractivity (Wildman–Crippen MR) is 113 cm³/mol. The first-order chi connectivity index (χ1) is 16.0. The van der Waals surface area contributed by atoms with Crippen molar-refractivity contribution in [1.82, 2.24) is 15.3 Å². The molecule has 0 saturated carbocycles. The monoisotopic (exact) mass is 460 g/mol. The third kappa shape index (κ3) is 5.44. The summed E-state index contributed by atoms with van der Waals surface area (Å²) in [5.74, 6) is -0.421. The molecule has 1 fully saturated rings. The standard InChI is InChI=1S/C22H25FN4O6/c1-12-25-16(17-7-20(33-27-17)22-31-10-14(9-28)11-32-22)6-18(26-12)21(29)24-8-13-3-4-15(23)19(5-13)30-2/h3-6,14,20,22,28H,7-11H2,1-2H3,(H,24,29)/t14?,20-,22?/m0/s1. The van der Waals surface area contributed by atoms with Crippen LogP contribution in [-0.4, -0.2) is 66.0 Å². The molecule has 1 aromatic carbocycles. The van der Waals surface area contributed by atoms with Crippen LogP contribution in [0.2, 0.25) is 0 Å². The molecular weight excluding hydrogens is 435 g/mol. The Bertz CT molecular complexity index is 1040. The molecule has 1 saturated heterocycles. The zero-order chi connectivity index (χ0) is 23.4. The van der Waals surface area contributed by atoms with Crippen molar-refractivity contribution in [2.45, 2.75) is 32.3 Å². The number of halogens is 1. The molecule has 2 aliphatic heterocycles. The van der Waals surface area contributed by atoms with Crippen LogP contribution in [0.25, 0.3) is 0 Å². The van der Waals surface area contributed by atoms with Gasteiger partial charge in [0.15, 0.2) is 24.0 Å².